The van der Waals surface area contributed by atoms with Gasteiger partial charge in [0.25, 0.3) is 0 Å². The van der Waals surface area contributed by atoms with Crippen LogP contribution >= 0.6 is 11.6 Å². The topological polar surface area (TPSA) is 45.2 Å². The number of rotatable bonds is 2. The Labute approximate surface area is 128 Å². The van der Waals surface area contributed by atoms with Crippen LogP contribution in [0.4, 0.5) is 0 Å². The molecule has 0 saturated carbocycles. The number of carbonyl (C=O) groups excluding carboxylic acids is 1. The molecule has 1 N–H and O–H groups in total. The average molecular weight is 302 g/mol. The number of hydrogen-bond acceptors (Lipinski definition) is 3. The fraction of sp³-hybridized carbons (Fsp3) is 0.250. The number of amides is 1. The van der Waals surface area contributed by atoms with Crippen LogP contribution in [0.5, 0.6) is 0 Å². The van der Waals surface area contributed by atoms with Crippen molar-refractivity contribution in [2.24, 2.45) is 0 Å². The van der Waals surface area contributed by atoms with Crippen LogP contribution in [0.25, 0.3) is 10.8 Å². The van der Waals surface area contributed by atoms with Gasteiger partial charge in [-0.1, -0.05) is 24.2 Å². The second-order valence-corrected chi connectivity index (χ2v) is 5.45. The second-order valence-electron chi connectivity index (χ2n) is 5.02. The van der Waals surface area contributed by atoms with Crippen molar-refractivity contribution in [3.8, 4) is 0 Å². The summed E-state index contributed by atoms with van der Waals surface area (Å²) in [7, 11) is 0. The number of nitrogens with one attached hydrogen (secondary N) is 1. The van der Waals surface area contributed by atoms with Crippen molar-refractivity contribution < 1.29 is 4.79 Å². The third-order valence-corrected chi connectivity index (χ3v) is 4.01. The van der Waals surface area contributed by atoms with Crippen LogP contribution in [0, 0.1) is 0 Å². The number of aromatic nitrogens is 1. The summed E-state index contributed by atoms with van der Waals surface area (Å²) in [6.07, 6.45) is 3.12. The summed E-state index contributed by atoms with van der Waals surface area (Å²) in [4.78, 5) is 18.4. The molecule has 108 valence electrons. The number of pyridine rings is 1. The number of halogens is 1. The minimum atomic E-state index is -0.0888. The van der Waals surface area contributed by atoms with Gasteiger partial charge in [0.2, 0.25) is 5.91 Å². The van der Waals surface area contributed by atoms with E-state index in [2.05, 4.69) is 16.9 Å². The van der Waals surface area contributed by atoms with Crippen LogP contribution in [0.15, 0.2) is 43.1 Å². The predicted molar refractivity (Wildman–Crippen MR) is 84.3 cm³/mol. The number of fused-ring (bicyclic) bond motifs is 1. The molecule has 0 aliphatic carbocycles. The lowest BCUT2D eigenvalue weighted by atomic mass is 10.0. The quantitative estimate of drug-likeness (QED) is 0.867. The number of nitrogens with zero attached hydrogens (tertiary/aromatic N) is 2. The van der Waals surface area contributed by atoms with E-state index >= 15 is 0 Å². The van der Waals surface area contributed by atoms with Crippen molar-refractivity contribution in [1.82, 2.24) is 15.2 Å². The van der Waals surface area contributed by atoms with E-state index < -0.39 is 0 Å². The Morgan fingerprint density at radius 1 is 1.48 bits per heavy atom. The van der Waals surface area contributed by atoms with Crippen LogP contribution in [-0.2, 0) is 4.79 Å². The third kappa shape index (κ3) is 2.64. The van der Waals surface area contributed by atoms with Gasteiger partial charge in [-0.15, -0.1) is 0 Å². The van der Waals surface area contributed by atoms with Gasteiger partial charge in [0, 0.05) is 36.2 Å². The third-order valence-electron chi connectivity index (χ3n) is 3.77. The summed E-state index contributed by atoms with van der Waals surface area (Å²) in [6.45, 7) is 5.72. The van der Waals surface area contributed by atoms with Crippen LogP contribution in [0.3, 0.4) is 0 Å². The van der Waals surface area contributed by atoms with Crippen molar-refractivity contribution in [3.63, 3.8) is 0 Å². The lowest BCUT2D eigenvalue weighted by molar-refractivity contribution is -0.129. The van der Waals surface area contributed by atoms with Crippen LogP contribution in [-0.4, -0.2) is 35.4 Å². The summed E-state index contributed by atoms with van der Waals surface area (Å²) >= 11 is 6.05. The maximum atomic E-state index is 12.1. The van der Waals surface area contributed by atoms with E-state index in [0.29, 0.717) is 18.1 Å². The van der Waals surface area contributed by atoms with Gasteiger partial charge in [-0.2, -0.15) is 0 Å². The number of benzene rings is 1. The number of hydrogen-bond donors (Lipinski definition) is 1. The van der Waals surface area contributed by atoms with E-state index in [-0.39, 0.29) is 11.9 Å². The SMILES string of the molecule is C=CC(=O)N1CCNCC1c1nccc2cc(Cl)ccc12. The first kappa shape index (κ1) is 14.0. The van der Waals surface area contributed by atoms with Crippen molar-refractivity contribution >= 4 is 28.3 Å². The van der Waals surface area contributed by atoms with Crippen molar-refractivity contribution in [3.05, 3.63) is 53.8 Å². The molecule has 4 nitrogen and oxygen atoms in total. The standard InChI is InChI=1S/C16H16ClN3O/c1-2-15(21)20-8-7-18-10-14(20)16-13-4-3-12(17)9-11(13)5-6-19-16/h2-6,9,14,18H,1,7-8,10H2. The minimum Gasteiger partial charge on any atom is -0.328 e. The van der Waals surface area contributed by atoms with Crippen LogP contribution < -0.4 is 5.32 Å². The van der Waals surface area contributed by atoms with Gasteiger partial charge in [0.05, 0.1) is 11.7 Å². The van der Waals surface area contributed by atoms with Gasteiger partial charge >= 0.3 is 0 Å². The highest BCUT2D eigenvalue weighted by atomic mass is 35.5. The zero-order valence-corrected chi connectivity index (χ0v) is 12.3. The molecule has 0 spiro atoms. The molecule has 1 aliphatic heterocycles. The van der Waals surface area contributed by atoms with Gasteiger partial charge in [0.15, 0.2) is 0 Å². The maximum Gasteiger partial charge on any atom is 0.246 e. The first-order chi connectivity index (χ1) is 10.2. The fourth-order valence-electron chi connectivity index (χ4n) is 2.77. The van der Waals surface area contributed by atoms with Crippen molar-refractivity contribution in [1.29, 1.82) is 0 Å². The summed E-state index contributed by atoms with van der Waals surface area (Å²) in [6, 6.07) is 7.57. The largest absolute Gasteiger partial charge is 0.328 e. The van der Waals surface area contributed by atoms with Gasteiger partial charge in [-0.25, -0.2) is 0 Å². The Hall–Kier alpha value is -1.91. The van der Waals surface area contributed by atoms with Gasteiger partial charge in [-0.3, -0.25) is 9.78 Å². The highest BCUT2D eigenvalue weighted by Crippen LogP contribution is 2.29. The van der Waals surface area contributed by atoms with Crippen molar-refractivity contribution in [2.75, 3.05) is 19.6 Å². The summed E-state index contributed by atoms with van der Waals surface area (Å²) in [5.74, 6) is -0.0609. The molecule has 1 aromatic heterocycles. The van der Waals surface area contributed by atoms with E-state index in [1.807, 2.05) is 29.2 Å². The Kier molecular flexibility index (Phi) is 3.90. The monoisotopic (exact) mass is 301 g/mol. The van der Waals surface area contributed by atoms with Crippen molar-refractivity contribution in [2.45, 2.75) is 6.04 Å². The molecule has 21 heavy (non-hydrogen) atoms. The van der Waals surface area contributed by atoms with E-state index in [0.717, 1.165) is 23.0 Å². The molecule has 1 unspecified atom stereocenters. The number of piperazine rings is 1. The summed E-state index contributed by atoms with van der Waals surface area (Å²) in [5.41, 5.74) is 0.895. The van der Waals surface area contributed by atoms with E-state index in [1.165, 1.54) is 6.08 Å². The fourth-order valence-corrected chi connectivity index (χ4v) is 2.95. The first-order valence-corrected chi connectivity index (χ1v) is 7.26. The van der Waals surface area contributed by atoms with Gasteiger partial charge in [0.1, 0.15) is 0 Å². The second kappa shape index (κ2) is 5.84. The Bertz CT molecular complexity index is 701. The minimum absolute atomic E-state index is 0.0609. The molecule has 1 aliphatic rings. The predicted octanol–water partition coefficient (Wildman–Crippen LogP) is 2.55. The highest BCUT2D eigenvalue weighted by molar-refractivity contribution is 6.31. The molecule has 1 fully saturated rings. The normalized spacial score (nSPS) is 18.7. The van der Waals surface area contributed by atoms with E-state index in [4.69, 9.17) is 11.6 Å². The first-order valence-electron chi connectivity index (χ1n) is 6.88. The molecule has 2 aromatic rings. The molecule has 1 amide bonds. The molecule has 5 heteroatoms. The van der Waals surface area contributed by atoms with Gasteiger partial charge < -0.3 is 10.2 Å². The van der Waals surface area contributed by atoms with Gasteiger partial charge in [-0.05, 0) is 29.7 Å². The molecule has 2 heterocycles. The molecule has 1 atom stereocenters. The molecular formula is C16H16ClN3O. The molecule has 0 bridgehead atoms. The lowest BCUT2D eigenvalue weighted by Gasteiger charge is -2.35. The maximum absolute atomic E-state index is 12.1. The van der Waals surface area contributed by atoms with E-state index in [1.54, 1.807) is 6.20 Å². The summed E-state index contributed by atoms with van der Waals surface area (Å²) in [5, 5.41) is 6.08. The molecular weight excluding hydrogens is 286 g/mol. The molecule has 1 aromatic carbocycles. The smallest absolute Gasteiger partial charge is 0.246 e. The Morgan fingerprint density at radius 2 is 2.33 bits per heavy atom. The van der Waals surface area contributed by atoms with Crippen LogP contribution in [0.1, 0.15) is 11.7 Å². The zero-order valence-electron chi connectivity index (χ0n) is 11.6. The molecule has 1 saturated heterocycles. The lowest BCUT2D eigenvalue weighted by Crippen LogP contribution is -2.48. The summed E-state index contributed by atoms with van der Waals surface area (Å²) < 4.78 is 0. The number of carbonyl (C=O) groups is 1. The molecule has 3 rings (SSSR count). The Morgan fingerprint density at radius 3 is 3.14 bits per heavy atom. The Balaban J connectivity index is 2.09. The average Bonchev–Trinajstić information content (AvgIpc) is 2.53. The van der Waals surface area contributed by atoms with E-state index in [9.17, 15) is 4.79 Å². The highest BCUT2D eigenvalue weighted by Gasteiger charge is 2.28. The molecule has 0 radical (unpaired) electrons. The zero-order chi connectivity index (χ0) is 14.8. The van der Waals surface area contributed by atoms with Crippen LogP contribution in [0.2, 0.25) is 5.02 Å².